The predicted octanol–water partition coefficient (Wildman–Crippen LogP) is 2.15. The van der Waals surface area contributed by atoms with E-state index in [1.165, 1.54) is 17.0 Å². The highest BCUT2D eigenvalue weighted by atomic mass is 19.1. The average Bonchev–Trinajstić information content (AvgIpc) is 2.83. The van der Waals surface area contributed by atoms with Crippen LogP contribution in [0.1, 0.15) is 13.3 Å². The third-order valence-electron chi connectivity index (χ3n) is 2.94. The molecular weight excluding hydrogens is 235 g/mol. The van der Waals surface area contributed by atoms with Crippen molar-refractivity contribution in [2.24, 2.45) is 0 Å². The summed E-state index contributed by atoms with van der Waals surface area (Å²) in [4.78, 5) is 13.6. The number of nitrogens with zero attached hydrogens (tertiary/aromatic N) is 1. The Hall–Kier alpha value is -1.62. The lowest BCUT2D eigenvalue weighted by atomic mass is 10.2. The molecule has 1 unspecified atom stereocenters. The van der Waals surface area contributed by atoms with Crippen LogP contribution in [0.25, 0.3) is 0 Å². The summed E-state index contributed by atoms with van der Waals surface area (Å²) in [6.07, 6.45) is 0.826. The summed E-state index contributed by atoms with van der Waals surface area (Å²) in [5, 5.41) is 2.89. The van der Waals surface area contributed by atoms with Gasteiger partial charge in [0.05, 0.1) is 12.6 Å². The Morgan fingerprint density at radius 3 is 3.06 bits per heavy atom. The third-order valence-corrected chi connectivity index (χ3v) is 2.94. The van der Waals surface area contributed by atoms with Crippen LogP contribution in [0.4, 0.5) is 14.9 Å². The van der Waals surface area contributed by atoms with Crippen molar-refractivity contribution in [3.05, 3.63) is 30.1 Å². The quantitative estimate of drug-likeness (QED) is 0.895. The molecule has 0 bridgehead atoms. The van der Waals surface area contributed by atoms with Gasteiger partial charge in [-0.1, -0.05) is 6.07 Å². The molecule has 0 spiro atoms. The van der Waals surface area contributed by atoms with E-state index in [9.17, 15) is 9.18 Å². The Labute approximate surface area is 106 Å². The minimum absolute atomic E-state index is 0.0557. The molecule has 1 saturated heterocycles. The van der Waals surface area contributed by atoms with Crippen molar-refractivity contribution in [1.29, 1.82) is 0 Å². The van der Waals surface area contributed by atoms with Gasteiger partial charge in [-0.3, -0.25) is 4.90 Å². The Kier molecular flexibility index (Phi) is 4.15. The van der Waals surface area contributed by atoms with E-state index in [0.717, 1.165) is 6.42 Å². The number of benzene rings is 1. The molecule has 1 heterocycles. The van der Waals surface area contributed by atoms with Gasteiger partial charge in [0.25, 0.3) is 0 Å². The van der Waals surface area contributed by atoms with Crippen LogP contribution in [0, 0.1) is 5.82 Å². The van der Waals surface area contributed by atoms with E-state index in [0.29, 0.717) is 25.4 Å². The highest BCUT2D eigenvalue weighted by molar-refractivity contribution is 5.92. The molecule has 1 aliphatic heterocycles. The summed E-state index contributed by atoms with van der Waals surface area (Å²) in [5.41, 5.74) is 0.564. The fourth-order valence-corrected chi connectivity index (χ4v) is 1.99. The van der Waals surface area contributed by atoms with Gasteiger partial charge >= 0.3 is 6.03 Å². The Morgan fingerprint density at radius 1 is 1.61 bits per heavy atom. The molecule has 1 aliphatic rings. The van der Waals surface area contributed by atoms with Gasteiger partial charge in [0, 0.05) is 18.8 Å². The van der Waals surface area contributed by atoms with Crippen LogP contribution in [0.5, 0.6) is 0 Å². The Balaban J connectivity index is 2.05. The minimum atomic E-state index is -0.344. The molecule has 4 nitrogen and oxygen atoms in total. The van der Waals surface area contributed by atoms with Crippen molar-refractivity contribution in [2.45, 2.75) is 19.4 Å². The van der Waals surface area contributed by atoms with E-state index in [1.54, 1.807) is 12.1 Å². The molecule has 2 amide bonds. The van der Waals surface area contributed by atoms with Crippen LogP contribution in [0.3, 0.4) is 0 Å². The molecule has 0 aromatic heterocycles. The van der Waals surface area contributed by atoms with Crippen molar-refractivity contribution in [3.63, 3.8) is 0 Å². The first-order valence-electron chi connectivity index (χ1n) is 6.12. The van der Waals surface area contributed by atoms with Crippen molar-refractivity contribution in [2.75, 3.05) is 24.7 Å². The summed E-state index contributed by atoms with van der Waals surface area (Å²) in [7, 11) is 0. The van der Waals surface area contributed by atoms with Crippen molar-refractivity contribution in [1.82, 2.24) is 5.32 Å². The fraction of sp³-hybridized carbons (Fsp3) is 0.462. The molecule has 0 radical (unpaired) electrons. The number of amides is 2. The zero-order valence-electron chi connectivity index (χ0n) is 10.4. The summed E-state index contributed by atoms with van der Waals surface area (Å²) < 4.78 is 18.4. The number of carbonyl (C=O) groups excluding carboxylic acids is 1. The number of carbonyl (C=O) groups is 1. The summed E-state index contributed by atoms with van der Waals surface area (Å²) in [6, 6.07) is 5.88. The number of hydrogen-bond acceptors (Lipinski definition) is 2. The minimum Gasteiger partial charge on any atom is -0.379 e. The zero-order chi connectivity index (χ0) is 13.0. The number of hydrogen-bond donors (Lipinski definition) is 1. The van der Waals surface area contributed by atoms with E-state index >= 15 is 0 Å². The first-order chi connectivity index (χ1) is 8.70. The number of ether oxygens (including phenoxy) is 1. The van der Waals surface area contributed by atoms with Gasteiger partial charge in [-0.25, -0.2) is 9.18 Å². The van der Waals surface area contributed by atoms with Crippen LogP contribution < -0.4 is 10.2 Å². The molecule has 1 fully saturated rings. The molecular formula is C13H17FN2O2. The fourth-order valence-electron chi connectivity index (χ4n) is 1.99. The normalized spacial score (nSPS) is 18.7. The monoisotopic (exact) mass is 252 g/mol. The Bertz CT molecular complexity index is 419. The molecule has 0 saturated carbocycles. The maximum Gasteiger partial charge on any atom is 0.322 e. The van der Waals surface area contributed by atoms with Gasteiger partial charge in [-0.2, -0.15) is 0 Å². The Morgan fingerprint density at radius 2 is 2.44 bits per heavy atom. The molecule has 0 aliphatic carbocycles. The van der Waals surface area contributed by atoms with E-state index in [1.807, 2.05) is 6.92 Å². The van der Waals surface area contributed by atoms with Crippen LogP contribution in [-0.4, -0.2) is 31.8 Å². The van der Waals surface area contributed by atoms with Crippen LogP contribution in [0.15, 0.2) is 24.3 Å². The van der Waals surface area contributed by atoms with Gasteiger partial charge in [0.2, 0.25) is 0 Å². The highest BCUT2D eigenvalue weighted by Gasteiger charge is 2.21. The lowest BCUT2D eigenvalue weighted by Gasteiger charge is -2.23. The molecule has 2 rings (SSSR count). The molecule has 1 aromatic carbocycles. The second kappa shape index (κ2) is 5.82. The zero-order valence-corrected chi connectivity index (χ0v) is 10.4. The molecule has 1 aromatic rings. The van der Waals surface area contributed by atoms with E-state index in [4.69, 9.17) is 4.74 Å². The molecule has 5 heteroatoms. The largest absolute Gasteiger partial charge is 0.379 e. The highest BCUT2D eigenvalue weighted by Crippen LogP contribution is 2.16. The topological polar surface area (TPSA) is 41.6 Å². The smallest absolute Gasteiger partial charge is 0.322 e. The SMILES string of the molecule is CCN(C(=O)NC1CCOC1)c1cccc(F)c1. The number of nitrogens with one attached hydrogen (secondary N) is 1. The van der Waals surface area contributed by atoms with Gasteiger partial charge in [0.15, 0.2) is 0 Å². The van der Waals surface area contributed by atoms with Crippen molar-refractivity contribution in [3.8, 4) is 0 Å². The molecule has 18 heavy (non-hydrogen) atoms. The molecule has 1 N–H and O–H groups in total. The number of anilines is 1. The first-order valence-corrected chi connectivity index (χ1v) is 6.12. The van der Waals surface area contributed by atoms with Gasteiger partial charge in [0.1, 0.15) is 5.82 Å². The van der Waals surface area contributed by atoms with Crippen LogP contribution >= 0.6 is 0 Å². The van der Waals surface area contributed by atoms with Gasteiger partial charge in [-0.15, -0.1) is 0 Å². The van der Waals surface area contributed by atoms with Crippen molar-refractivity contribution >= 4 is 11.7 Å². The lowest BCUT2D eigenvalue weighted by molar-refractivity contribution is 0.189. The second-order valence-corrected chi connectivity index (χ2v) is 4.23. The summed E-state index contributed by atoms with van der Waals surface area (Å²) in [6.45, 7) is 3.57. The maximum atomic E-state index is 13.2. The third kappa shape index (κ3) is 2.98. The summed E-state index contributed by atoms with van der Waals surface area (Å²) in [5.74, 6) is -0.344. The number of urea groups is 1. The van der Waals surface area contributed by atoms with Crippen LogP contribution in [-0.2, 0) is 4.74 Å². The van der Waals surface area contributed by atoms with Gasteiger partial charge < -0.3 is 10.1 Å². The van der Waals surface area contributed by atoms with E-state index in [2.05, 4.69) is 5.32 Å². The average molecular weight is 252 g/mol. The first kappa shape index (κ1) is 12.8. The summed E-state index contributed by atoms with van der Waals surface area (Å²) >= 11 is 0. The number of halogens is 1. The second-order valence-electron chi connectivity index (χ2n) is 4.23. The van der Waals surface area contributed by atoms with E-state index in [-0.39, 0.29) is 17.9 Å². The van der Waals surface area contributed by atoms with Crippen LogP contribution in [0.2, 0.25) is 0 Å². The lowest BCUT2D eigenvalue weighted by Crippen LogP contribution is -2.45. The number of rotatable bonds is 3. The van der Waals surface area contributed by atoms with Crippen molar-refractivity contribution < 1.29 is 13.9 Å². The maximum absolute atomic E-state index is 13.2. The molecule has 1 atom stereocenters. The van der Waals surface area contributed by atoms with Gasteiger partial charge in [-0.05, 0) is 31.5 Å². The van der Waals surface area contributed by atoms with E-state index < -0.39 is 0 Å². The predicted molar refractivity (Wildman–Crippen MR) is 67.2 cm³/mol. The molecule has 98 valence electrons. The standard InChI is InChI=1S/C13H17FN2O2/c1-2-16(12-5-3-4-10(14)8-12)13(17)15-11-6-7-18-9-11/h3-5,8,11H,2,6-7,9H2,1H3,(H,15,17).